The maximum Gasteiger partial charge on any atom is 0.307 e. The Morgan fingerprint density at radius 1 is 1.35 bits per heavy atom. The van der Waals surface area contributed by atoms with Gasteiger partial charge in [0.1, 0.15) is 0 Å². The highest BCUT2D eigenvalue weighted by Crippen LogP contribution is 2.37. The van der Waals surface area contributed by atoms with Gasteiger partial charge in [-0.3, -0.25) is 4.79 Å². The number of aliphatic hydroxyl groups excluding tert-OH is 1. The van der Waals surface area contributed by atoms with E-state index >= 15 is 0 Å². The number of aryl methyl sites for hydroxylation is 1. The van der Waals surface area contributed by atoms with Crippen LogP contribution >= 0.6 is 0 Å². The van der Waals surface area contributed by atoms with Gasteiger partial charge in [0.05, 0.1) is 13.0 Å². The van der Waals surface area contributed by atoms with Crippen LogP contribution in [-0.2, 0) is 17.8 Å². The third kappa shape index (κ3) is 2.11. The average molecular weight is 232 g/mol. The molecule has 1 aliphatic rings. The highest BCUT2D eigenvalue weighted by Gasteiger charge is 2.22. The van der Waals surface area contributed by atoms with E-state index in [4.69, 9.17) is 5.11 Å². The van der Waals surface area contributed by atoms with Crippen LogP contribution in [0.25, 0.3) is 5.57 Å². The summed E-state index contributed by atoms with van der Waals surface area (Å²) in [5.41, 5.74) is 6.22. The third-order valence-corrected chi connectivity index (χ3v) is 3.33. The van der Waals surface area contributed by atoms with Gasteiger partial charge in [-0.2, -0.15) is 0 Å². The lowest BCUT2D eigenvalue weighted by Gasteiger charge is -2.09. The summed E-state index contributed by atoms with van der Waals surface area (Å²) in [4.78, 5) is 10.9. The SMILES string of the molecule is CC1=C(CC(=O)O)c2cc(CO)cc(C)c2C1. The van der Waals surface area contributed by atoms with E-state index < -0.39 is 5.97 Å². The van der Waals surface area contributed by atoms with Gasteiger partial charge in [0.25, 0.3) is 0 Å². The molecule has 0 spiro atoms. The molecule has 1 aromatic carbocycles. The molecule has 0 bridgehead atoms. The Morgan fingerprint density at radius 2 is 2.06 bits per heavy atom. The quantitative estimate of drug-likeness (QED) is 0.840. The van der Waals surface area contributed by atoms with Crippen molar-refractivity contribution >= 4 is 11.5 Å². The van der Waals surface area contributed by atoms with Crippen LogP contribution in [0.2, 0.25) is 0 Å². The van der Waals surface area contributed by atoms with Gasteiger partial charge >= 0.3 is 5.97 Å². The number of carbonyl (C=O) groups is 1. The van der Waals surface area contributed by atoms with E-state index in [1.54, 1.807) is 0 Å². The van der Waals surface area contributed by atoms with Gasteiger partial charge in [0.15, 0.2) is 0 Å². The Balaban J connectivity index is 2.51. The van der Waals surface area contributed by atoms with Crippen LogP contribution in [0.5, 0.6) is 0 Å². The summed E-state index contributed by atoms with van der Waals surface area (Å²) in [6, 6.07) is 3.88. The Bertz CT molecular complexity index is 512. The molecule has 0 fully saturated rings. The van der Waals surface area contributed by atoms with Crippen LogP contribution in [0.3, 0.4) is 0 Å². The second-order valence-corrected chi connectivity index (χ2v) is 4.60. The van der Waals surface area contributed by atoms with Gasteiger partial charge in [-0.25, -0.2) is 0 Å². The molecule has 3 heteroatoms. The fourth-order valence-corrected chi connectivity index (χ4v) is 2.49. The lowest BCUT2D eigenvalue weighted by Crippen LogP contribution is -1.98. The van der Waals surface area contributed by atoms with E-state index in [9.17, 15) is 9.90 Å². The number of aliphatic carboxylic acids is 1. The Kier molecular flexibility index (Phi) is 3.03. The molecule has 0 heterocycles. The number of hydrogen-bond acceptors (Lipinski definition) is 2. The minimum absolute atomic E-state index is 0.00643. The molecule has 90 valence electrons. The van der Waals surface area contributed by atoms with Crippen LogP contribution in [0, 0.1) is 6.92 Å². The van der Waals surface area contributed by atoms with Gasteiger partial charge < -0.3 is 10.2 Å². The van der Waals surface area contributed by atoms with Crippen LogP contribution in [0.1, 0.15) is 35.6 Å². The lowest BCUT2D eigenvalue weighted by molar-refractivity contribution is -0.135. The predicted octanol–water partition coefficient (Wildman–Crippen LogP) is 2.29. The summed E-state index contributed by atoms with van der Waals surface area (Å²) in [7, 11) is 0. The molecular formula is C14H16O3. The van der Waals surface area contributed by atoms with E-state index in [0.717, 1.165) is 34.3 Å². The summed E-state index contributed by atoms with van der Waals surface area (Å²) in [6.45, 7) is 3.98. The van der Waals surface area contributed by atoms with Crippen LogP contribution in [0.4, 0.5) is 0 Å². The summed E-state index contributed by atoms with van der Waals surface area (Å²) >= 11 is 0. The molecule has 17 heavy (non-hydrogen) atoms. The molecule has 0 aliphatic heterocycles. The number of fused-ring (bicyclic) bond motifs is 1. The Hall–Kier alpha value is -1.61. The predicted molar refractivity (Wildman–Crippen MR) is 65.7 cm³/mol. The highest BCUT2D eigenvalue weighted by molar-refractivity contribution is 5.88. The first-order valence-electron chi connectivity index (χ1n) is 5.67. The number of aliphatic hydroxyl groups is 1. The van der Waals surface area contributed by atoms with Crippen molar-refractivity contribution in [2.45, 2.75) is 33.3 Å². The van der Waals surface area contributed by atoms with Crippen molar-refractivity contribution in [3.8, 4) is 0 Å². The van der Waals surface area contributed by atoms with Crippen molar-refractivity contribution < 1.29 is 15.0 Å². The van der Waals surface area contributed by atoms with Gasteiger partial charge in [-0.05, 0) is 54.2 Å². The molecule has 1 aliphatic carbocycles. The minimum atomic E-state index is -0.806. The molecule has 0 aromatic heterocycles. The Labute approximate surface area is 100 Å². The summed E-state index contributed by atoms with van der Waals surface area (Å²) in [5.74, 6) is -0.806. The summed E-state index contributed by atoms with van der Waals surface area (Å²) < 4.78 is 0. The van der Waals surface area contributed by atoms with Gasteiger partial charge in [-0.1, -0.05) is 11.6 Å². The molecule has 2 N–H and O–H groups in total. The summed E-state index contributed by atoms with van der Waals surface area (Å²) in [5, 5.41) is 18.1. The summed E-state index contributed by atoms with van der Waals surface area (Å²) in [6.07, 6.45) is 0.892. The molecule has 0 radical (unpaired) electrons. The maximum absolute atomic E-state index is 10.9. The zero-order chi connectivity index (χ0) is 12.6. The molecule has 2 rings (SSSR count). The fraction of sp³-hybridized carbons (Fsp3) is 0.357. The number of rotatable bonds is 3. The number of allylic oxidation sites excluding steroid dienone is 1. The lowest BCUT2D eigenvalue weighted by atomic mass is 9.96. The molecule has 3 nitrogen and oxygen atoms in total. The van der Waals surface area contributed by atoms with Crippen molar-refractivity contribution in [1.29, 1.82) is 0 Å². The van der Waals surface area contributed by atoms with Gasteiger partial charge in [-0.15, -0.1) is 0 Å². The molecule has 0 saturated heterocycles. The van der Waals surface area contributed by atoms with Crippen LogP contribution < -0.4 is 0 Å². The average Bonchev–Trinajstić information content (AvgIpc) is 2.56. The molecule has 0 saturated carbocycles. The molecule has 0 unspecified atom stereocenters. The van der Waals surface area contributed by atoms with Crippen molar-refractivity contribution in [1.82, 2.24) is 0 Å². The first-order valence-corrected chi connectivity index (χ1v) is 5.67. The van der Waals surface area contributed by atoms with Crippen LogP contribution in [-0.4, -0.2) is 16.2 Å². The zero-order valence-corrected chi connectivity index (χ0v) is 10.1. The van der Waals surface area contributed by atoms with E-state index in [2.05, 4.69) is 0 Å². The number of benzene rings is 1. The number of carboxylic acids is 1. The second-order valence-electron chi connectivity index (χ2n) is 4.60. The smallest absolute Gasteiger partial charge is 0.307 e. The largest absolute Gasteiger partial charge is 0.481 e. The van der Waals surface area contributed by atoms with E-state index in [-0.39, 0.29) is 13.0 Å². The maximum atomic E-state index is 10.9. The van der Waals surface area contributed by atoms with Gasteiger partial charge in [0.2, 0.25) is 0 Å². The topological polar surface area (TPSA) is 57.5 Å². The first-order chi connectivity index (χ1) is 8.02. The fourth-order valence-electron chi connectivity index (χ4n) is 2.49. The van der Waals surface area contributed by atoms with E-state index in [1.807, 2.05) is 26.0 Å². The van der Waals surface area contributed by atoms with Crippen molar-refractivity contribution in [2.24, 2.45) is 0 Å². The van der Waals surface area contributed by atoms with E-state index in [0.29, 0.717) is 0 Å². The molecular weight excluding hydrogens is 216 g/mol. The molecule has 1 aromatic rings. The standard InChI is InChI=1S/C14H16O3/c1-8-3-10(7-15)5-13-11(8)4-9(2)12(13)6-14(16)17/h3,5,15H,4,6-7H2,1-2H3,(H,16,17). The number of carboxylic acid groups (broad SMARTS) is 1. The van der Waals surface area contributed by atoms with Gasteiger partial charge in [0, 0.05) is 0 Å². The van der Waals surface area contributed by atoms with Crippen molar-refractivity contribution in [3.63, 3.8) is 0 Å². The number of hydrogen-bond donors (Lipinski definition) is 2. The highest BCUT2D eigenvalue weighted by atomic mass is 16.4. The second kappa shape index (κ2) is 4.34. The monoisotopic (exact) mass is 232 g/mol. The Morgan fingerprint density at radius 3 is 2.65 bits per heavy atom. The van der Waals surface area contributed by atoms with E-state index in [1.165, 1.54) is 5.56 Å². The van der Waals surface area contributed by atoms with Crippen molar-refractivity contribution in [3.05, 3.63) is 40.0 Å². The third-order valence-electron chi connectivity index (χ3n) is 3.33. The minimum Gasteiger partial charge on any atom is -0.481 e. The zero-order valence-electron chi connectivity index (χ0n) is 10.1. The first kappa shape index (κ1) is 11.9. The molecule has 0 amide bonds. The van der Waals surface area contributed by atoms with Crippen LogP contribution in [0.15, 0.2) is 17.7 Å². The van der Waals surface area contributed by atoms with Crippen molar-refractivity contribution in [2.75, 3.05) is 0 Å². The molecule has 0 atom stereocenters. The normalized spacial score (nSPS) is 14.1.